The summed E-state index contributed by atoms with van der Waals surface area (Å²) >= 11 is 0. The van der Waals surface area contributed by atoms with Gasteiger partial charge in [-0.25, -0.2) is 4.39 Å². The van der Waals surface area contributed by atoms with Gasteiger partial charge in [-0.3, -0.25) is 4.79 Å². The van der Waals surface area contributed by atoms with E-state index in [1.54, 1.807) is 0 Å². The SMILES string of the molecule is O=C(c1ccc(F)cc1O)N1CCC[C@H]2CCCC[C@H]21. The van der Waals surface area contributed by atoms with Crippen LogP contribution in [0, 0.1) is 11.7 Å². The molecule has 3 rings (SSSR count). The molecule has 1 saturated carbocycles. The zero-order valence-electron chi connectivity index (χ0n) is 11.5. The van der Waals surface area contributed by atoms with E-state index in [1.807, 2.05) is 4.90 Å². The van der Waals surface area contributed by atoms with Crippen LogP contribution in [0.2, 0.25) is 0 Å². The van der Waals surface area contributed by atoms with Gasteiger partial charge in [0.15, 0.2) is 0 Å². The Kier molecular flexibility index (Phi) is 3.64. The van der Waals surface area contributed by atoms with Gasteiger partial charge >= 0.3 is 0 Å². The topological polar surface area (TPSA) is 40.5 Å². The third-order valence-corrected chi connectivity index (χ3v) is 4.69. The molecule has 0 unspecified atom stereocenters. The van der Waals surface area contributed by atoms with Crippen LogP contribution in [0.3, 0.4) is 0 Å². The molecule has 0 aromatic heterocycles. The van der Waals surface area contributed by atoms with Gasteiger partial charge in [0.25, 0.3) is 5.91 Å². The number of hydrogen-bond acceptors (Lipinski definition) is 2. The number of aromatic hydroxyl groups is 1. The van der Waals surface area contributed by atoms with Crippen LogP contribution in [0.25, 0.3) is 0 Å². The van der Waals surface area contributed by atoms with Crippen molar-refractivity contribution in [2.24, 2.45) is 5.92 Å². The maximum Gasteiger partial charge on any atom is 0.257 e. The molecule has 4 heteroatoms. The molecule has 2 aliphatic rings. The Hall–Kier alpha value is -1.58. The number of carbonyl (C=O) groups is 1. The lowest BCUT2D eigenvalue weighted by Gasteiger charge is -2.44. The summed E-state index contributed by atoms with van der Waals surface area (Å²) in [5, 5.41) is 9.80. The molecule has 0 spiro atoms. The molecule has 1 aromatic rings. The number of nitrogens with zero attached hydrogens (tertiary/aromatic N) is 1. The summed E-state index contributed by atoms with van der Waals surface area (Å²) in [6, 6.07) is 3.93. The molecule has 1 aromatic carbocycles. The maximum absolute atomic E-state index is 13.0. The lowest BCUT2D eigenvalue weighted by atomic mass is 9.78. The Balaban J connectivity index is 1.85. The van der Waals surface area contributed by atoms with Crippen molar-refractivity contribution >= 4 is 5.91 Å². The van der Waals surface area contributed by atoms with Crippen molar-refractivity contribution in [3.8, 4) is 5.75 Å². The Bertz CT molecular complexity index is 515. The van der Waals surface area contributed by atoms with Gasteiger partial charge in [0.1, 0.15) is 11.6 Å². The van der Waals surface area contributed by atoms with E-state index >= 15 is 0 Å². The molecule has 2 fully saturated rings. The molecule has 3 nitrogen and oxygen atoms in total. The number of amides is 1. The molecule has 1 aliphatic carbocycles. The normalized spacial score (nSPS) is 26.1. The van der Waals surface area contributed by atoms with E-state index < -0.39 is 5.82 Å². The number of phenolic OH excluding ortho intramolecular Hbond substituents is 1. The maximum atomic E-state index is 13.0. The summed E-state index contributed by atoms with van der Waals surface area (Å²) in [6.45, 7) is 0.747. The summed E-state index contributed by atoms with van der Waals surface area (Å²) in [7, 11) is 0. The summed E-state index contributed by atoms with van der Waals surface area (Å²) in [4.78, 5) is 14.5. The van der Waals surface area contributed by atoms with Crippen LogP contribution in [-0.4, -0.2) is 28.5 Å². The Morgan fingerprint density at radius 3 is 2.75 bits per heavy atom. The number of hydrogen-bond donors (Lipinski definition) is 1. The van der Waals surface area contributed by atoms with E-state index in [0.29, 0.717) is 12.0 Å². The van der Waals surface area contributed by atoms with Crippen LogP contribution in [0.15, 0.2) is 18.2 Å². The fourth-order valence-corrected chi connectivity index (χ4v) is 3.72. The van der Waals surface area contributed by atoms with Gasteiger partial charge < -0.3 is 10.0 Å². The van der Waals surface area contributed by atoms with E-state index in [2.05, 4.69) is 0 Å². The number of benzene rings is 1. The fraction of sp³-hybridized carbons (Fsp3) is 0.562. The Morgan fingerprint density at radius 1 is 1.20 bits per heavy atom. The van der Waals surface area contributed by atoms with Crippen LogP contribution in [0.1, 0.15) is 48.9 Å². The van der Waals surface area contributed by atoms with Crippen LogP contribution in [0.5, 0.6) is 5.75 Å². The van der Waals surface area contributed by atoms with E-state index in [9.17, 15) is 14.3 Å². The molecule has 20 heavy (non-hydrogen) atoms. The van der Waals surface area contributed by atoms with Gasteiger partial charge in [0.05, 0.1) is 5.56 Å². The molecule has 108 valence electrons. The minimum atomic E-state index is -0.520. The lowest BCUT2D eigenvalue weighted by molar-refractivity contribution is 0.0388. The highest BCUT2D eigenvalue weighted by Crippen LogP contribution is 2.36. The third-order valence-electron chi connectivity index (χ3n) is 4.69. The van der Waals surface area contributed by atoms with Crippen molar-refractivity contribution in [1.29, 1.82) is 0 Å². The van der Waals surface area contributed by atoms with Crippen molar-refractivity contribution in [2.75, 3.05) is 6.54 Å². The first kappa shape index (κ1) is 13.4. The zero-order chi connectivity index (χ0) is 14.1. The average molecular weight is 277 g/mol. The minimum absolute atomic E-state index is 0.154. The standard InChI is InChI=1S/C16H20FNO2/c17-12-7-8-13(15(19)10-12)16(20)18-9-3-5-11-4-1-2-6-14(11)18/h7-8,10-11,14,19H,1-6,9H2/t11-,14-/m1/s1. The predicted octanol–water partition coefficient (Wildman–Crippen LogP) is 3.33. The molecule has 2 atom stereocenters. The summed E-state index contributed by atoms with van der Waals surface area (Å²) in [5.41, 5.74) is 0.220. The molecule has 1 amide bonds. The molecule has 1 N–H and O–H groups in total. The largest absolute Gasteiger partial charge is 0.507 e. The monoisotopic (exact) mass is 277 g/mol. The van der Waals surface area contributed by atoms with Crippen molar-refractivity contribution in [2.45, 2.75) is 44.6 Å². The highest BCUT2D eigenvalue weighted by atomic mass is 19.1. The second kappa shape index (κ2) is 5.43. The van der Waals surface area contributed by atoms with Gasteiger partial charge in [0.2, 0.25) is 0 Å². The third kappa shape index (κ3) is 2.39. The first-order valence-electron chi connectivity index (χ1n) is 7.46. The highest BCUT2D eigenvalue weighted by molar-refractivity contribution is 5.97. The lowest BCUT2D eigenvalue weighted by Crippen LogP contribution is -2.49. The van der Waals surface area contributed by atoms with E-state index in [-0.39, 0.29) is 17.2 Å². The quantitative estimate of drug-likeness (QED) is 0.855. The van der Waals surface area contributed by atoms with Crippen molar-refractivity contribution in [1.82, 2.24) is 4.90 Å². The van der Waals surface area contributed by atoms with Crippen LogP contribution >= 0.6 is 0 Å². The highest BCUT2D eigenvalue weighted by Gasteiger charge is 2.36. The number of fused-ring (bicyclic) bond motifs is 1. The van der Waals surface area contributed by atoms with Crippen molar-refractivity contribution in [3.05, 3.63) is 29.6 Å². The second-order valence-electron chi connectivity index (χ2n) is 5.91. The van der Waals surface area contributed by atoms with E-state index in [0.717, 1.165) is 25.5 Å². The number of rotatable bonds is 1. The number of piperidine rings is 1. The van der Waals surface area contributed by atoms with Crippen LogP contribution < -0.4 is 0 Å². The molecular formula is C16H20FNO2. The summed E-state index contributed by atoms with van der Waals surface area (Å²) in [6.07, 6.45) is 6.90. The zero-order valence-corrected chi connectivity index (χ0v) is 11.5. The van der Waals surface area contributed by atoms with Crippen molar-refractivity contribution < 1.29 is 14.3 Å². The number of likely N-dealkylation sites (tertiary alicyclic amines) is 1. The molecule has 0 bridgehead atoms. The number of phenols is 1. The van der Waals surface area contributed by atoms with Crippen LogP contribution in [0.4, 0.5) is 4.39 Å². The summed E-state index contributed by atoms with van der Waals surface area (Å²) < 4.78 is 13.0. The second-order valence-corrected chi connectivity index (χ2v) is 5.91. The van der Waals surface area contributed by atoms with Crippen molar-refractivity contribution in [3.63, 3.8) is 0 Å². The molecule has 1 heterocycles. The average Bonchev–Trinajstić information content (AvgIpc) is 2.46. The molecular weight excluding hydrogens is 257 g/mol. The van der Waals surface area contributed by atoms with E-state index in [1.165, 1.54) is 37.8 Å². The number of halogens is 1. The van der Waals surface area contributed by atoms with E-state index in [4.69, 9.17) is 0 Å². The fourth-order valence-electron chi connectivity index (χ4n) is 3.72. The van der Waals surface area contributed by atoms with Gasteiger partial charge in [-0.2, -0.15) is 0 Å². The first-order chi connectivity index (χ1) is 9.66. The number of carbonyl (C=O) groups excluding carboxylic acids is 1. The van der Waals surface area contributed by atoms with Gasteiger partial charge in [-0.15, -0.1) is 0 Å². The Morgan fingerprint density at radius 2 is 1.95 bits per heavy atom. The van der Waals surface area contributed by atoms with Gasteiger partial charge in [-0.1, -0.05) is 12.8 Å². The van der Waals surface area contributed by atoms with Crippen LogP contribution in [-0.2, 0) is 0 Å². The smallest absolute Gasteiger partial charge is 0.257 e. The molecule has 1 aliphatic heterocycles. The van der Waals surface area contributed by atoms with Gasteiger partial charge in [-0.05, 0) is 43.7 Å². The molecule has 0 radical (unpaired) electrons. The summed E-state index contributed by atoms with van der Waals surface area (Å²) in [5.74, 6) is -0.329. The van der Waals surface area contributed by atoms with Gasteiger partial charge in [0, 0.05) is 18.7 Å². The minimum Gasteiger partial charge on any atom is -0.507 e. The molecule has 1 saturated heterocycles. The Labute approximate surface area is 118 Å². The predicted molar refractivity (Wildman–Crippen MR) is 74.1 cm³/mol. The first-order valence-corrected chi connectivity index (χ1v) is 7.46.